The van der Waals surface area contributed by atoms with Crippen LogP contribution in [0.5, 0.6) is 5.75 Å². The number of anilines is 1. The van der Waals surface area contributed by atoms with Gasteiger partial charge in [0.05, 0.1) is 33.2 Å². The number of rotatable bonds is 4. The van der Waals surface area contributed by atoms with Crippen LogP contribution >= 0.6 is 0 Å². The van der Waals surface area contributed by atoms with Crippen molar-refractivity contribution in [3.05, 3.63) is 23.8 Å². The number of halogens is 1. The Kier molecular flexibility index (Phi) is 6.14. The molecule has 1 aromatic rings. The molecule has 108 valence electrons. The van der Waals surface area contributed by atoms with Gasteiger partial charge >= 0.3 is 0 Å². The number of aryl methyl sites for hydroxylation is 1. The number of nitrogens with zero attached hydrogens (tertiary/aromatic N) is 1. The van der Waals surface area contributed by atoms with Crippen LogP contribution in [0.3, 0.4) is 0 Å². The highest BCUT2D eigenvalue weighted by Gasteiger charge is 2.23. The van der Waals surface area contributed by atoms with Gasteiger partial charge in [0.25, 0.3) is 0 Å². The maximum absolute atomic E-state index is 9.65. The fraction of sp³-hybridized carbons (Fsp3) is 0.600. The molecule has 2 rings (SSSR count). The second kappa shape index (κ2) is 7.15. The zero-order valence-corrected chi connectivity index (χ0v) is 13.5. The molecule has 4 heteroatoms. The molecule has 1 saturated heterocycles. The van der Waals surface area contributed by atoms with Crippen LogP contribution in [0.25, 0.3) is 0 Å². The van der Waals surface area contributed by atoms with Crippen LogP contribution in [0.4, 0.5) is 5.69 Å². The third-order valence-electron chi connectivity index (χ3n) is 4.09. The van der Waals surface area contributed by atoms with Crippen LogP contribution in [-0.4, -0.2) is 42.8 Å². The van der Waals surface area contributed by atoms with Crippen molar-refractivity contribution < 1.29 is 26.6 Å². The molecule has 2 N–H and O–H groups in total. The Hall–Kier alpha value is -0.740. The topological polar surface area (TPSA) is 32.3 Å². The SMILES string of the molecule is Cc1ccc(NCC[N+]2(C)CCCCC2)cc1O.[Br-]. The van der Waals surface area contributed by atoms with Crippen LogP contribution < -0.4 is 22.3 Å². The largest absolute Gasteiger partial charge is 1.00 e. The van der Waals surface area contributed by atoms with E-state index in [9.17, 15) is 5.11 Å². The van der Waals surface area contributed by atoms with Crippen molar-refractivity contribution in [2.45, 2.75) is 26.2 Å². The summed E-state index contributed by atoms with van der Waals surface area (Å²) >= 11 is 0. The lowest BCUT2D eigenvalue weighted by atomic mass is 10.1. The molecule has 0 unspecified atom stereocenters. The number of phenols is 1. The molecule has 0 bridgehead atoms. The van der Waals surface area contributed by atoms with Crippen LogP contribution in [0, 0.1) is 6.92 Å². The minimum absolute atomic E-state index is 0. The van der Waals surface area contributed by atoms with Crippen LogP contribution in [0.1, 0.15) is 24.8 Å². The maximum atomic E-state index is 9.65. The van der Waals surface area contributed by atoms with Crippen molar-refractivity contribution >= 4 is 5.69 Å². The molecular weight excluding hydrogens is 304 g/mol. The number of phenolic OH excluding ortho intramolecular Hbond substituents is 1. The van der Waals surface area contributed by atoms with Gasteiger partial charge in [0.1, 0.15) is 5.75 Å². The molecule has 0 aliphatic carbocycles. The second-order valence-corrected chi connectivity index (χ2v) is 5.78. The number of piperidine rings is 1. The molecule has 0 aromatic heterocycles. The lowest BCUT2D eigenvalue weighted by molar-refractivity contribution is -0.912. The summed E-state index contributed by atoms with van der Waals surface area (Å²) in [4.78, 5) is 0. The molecule has 1 aliphatic heterocycles. The van der Waals surface area contributed by atoms with Crippen LogP contribution in [0.15, 0.2) is 18.2 Å². The normalized spacial score (nSPS) is 17.6. The van der Waals surface area contributed by atoms with E-state index in [1.807, 2.05) is 25.1 Å². The zero-order valence-electron chi connectivity index (χ0n) is 12.0. The highest BCUT2D eigenvalue weighted by atomic mass is 79.9. The van der Waals surface area contributed by atoms with E-state index in [0.717, 1.165) is 24.3 Å². The van der Waals surface area contributed by atoms with E-state index in [4.69, 9.17) is 0 Å². The first-order chi connectivity index (χ1) is 8.59. The Morgan fingerprint density at radius 1 is 1.21 bits per heavy atom. The van der Waals surface area contributed by atoms with Gasteiger partial charge in [0.2, 0.25) is 0 Å². The molecule has 0 spiro atoms. The van der Waals surface area contributed by atoms with Gasteiger partial charge in [-0.2, -0.15) is 0 Å². The molecule has 19 heavy (non-hydrogen) atoms. The number of likely N-dealkylation sites (tertiary alicyclic amines) is 1. The fourth-order valence-electron chi connectivity index (χ4n) is 2.69. The van der Waals surface area contributed by atoms with Gasteiger partial charge in [-0.3, -0.25) is 0 Å². The summed E-state index contributed by atoms with van der Waals surface area (Å²) in [6.07, 6.45) is 4.12. The third kappa shape index (κ3) is 4.69. The van der Waals surface area contributed by atoms with Gasteiger partial charge in [-0.25, -0.2) is 0 Å². The maximum Gasteiger partial charge on any atom is 0.120 e. The summed E-state index contributed by atoms with van der Waals surface area (Å²) in [5, 5.41) is 13.1. The Balaban J connectivity index is 0.00000180. The fourth-order valence-corrected chi connectivity index (χ4v) is 2.69. The van der Waals surface area contributed by atoms with Gasteiger partial charge in [0, 0.05) is 11.8 Å². The monoisotopic (exact) mass is 328 g/mol. The number of quaternary nitrogens is 1. The van der Waals surface area contributed by atoms with Crippen LogP contribution in [0.2, 0.25) is 0 Å². The van der Waals surface area contributed by atoms with Crippen molar-refractivity contribution in [3.8, 4) is 5.75 Å². The lowest BCUT2D eigenvalue weighted by Crippen LogP contribution is -3.00. The van der Waals surface area contributed by atoms with Crippen molar-refractivity contribution in [1.29, 1.82) is 0 Å². The first kappa shape index (κ1) is 16.3. The molecule has 3 nitrogen and oxygen atoms in total. The molecule has 1 fully saturated rings. The third-order valence-corrected chi connectivity index (χ3v) is 4.09. The van der Waals surface area contributed by atoms with E-state index in [-0.39, 0.29) is 17.0 Å². The summed E-state index contributed by atoms with van der Waals surface area (Å²) in [6.45, 7) is 6.66. The molecule has 0 atom stereocenters. The Bertz CT molecular complexity index is 403. The van der Waals surface area contributed by atoms with Gasteiger partial charge in [-0.15, -0.1) is 0 Å². The van der Waals surface area contributed by atoms with Crippen molar-refractivity contribution in [2.75, 3.05) is 38.5 Å². The number of hydrogen-bond donors (Lipinski definition) is 2. The van der Waals surface area contributed by atoms with Gasteiger partial charge in [-0.05, 0) is 37.8 Å². The summed E-state index contributed by atoms with van der Waals surface area (Å²) in [6, 6.07) is 5.80. The van der Waals surface area contributed by atoms with Crippen LogP contribution in [-0.2, 0) is 0 Å². The average Bonchev–Trinajstić information content (AvgIpc) is 2.34. The Labute approximate surface area is 127 Å². The molecule has 0 saturated carbocycles. The highest BCUT2D eigenvalue weighted by Crippen LogP contribution is 2.21. The van der Waals surface area contributed by atoms with Gasteiger partial charge in [0.15, 0.2) is 0 Å². The van der Waals surface area contributed by atoms with Crippen molar-refractivity contribution in [3.63, 3.8) is 0 Å². The molecule has 1 aliphatic rings. The minimum Gasteiger partial charge on any atom is -1.00 e. The lowest BCUT2D eigenvalue weighted by Gasteiger charge is -2.37. The number of aromatic hydroxyl groups is 1. The smallest absolute Gasteiger partial charge is 0.120 e. The van der Waals surface area contributed by atoms with Crippen molar-refractivity contribution in [1.82, 2.24) is 0 Å². The first-order valence-electron chi connectivity index (χ1n) is 6.96. The Morgan fingerprint density at radius 2 is 1.89 bits per heavy atom. The number of hydrogen-bond acceptors (Lipinski definition) is 2. The van der Waals surface area contributed by atoms with E-state index >= 15 is 0 Å². The quantitative estimate of drug-likeness (QED) is 0.747. The number of likely N-dealkylation sites (N-methyl/N-ethyl adjacent to an activating group) is 1. The summed E-state index contributed by atoms with van der Waals surface area (Å²) in [5.41, 5.74) is 1.94. The van der Waals surface area contributed by atoms with Crippen molar-refractivity contribution in [2.24, 2.45) is 0 Å². The molecule has 0 radical (unpaired) electrons. The van der Waals surface area contributed by atoms with Gasteiger partial charge in [-0.1, -0.05) is 6.07 Å². The van der Waals surface area contributed by atoms with E-state index in [2.05, 4.69) is 12.4 Å². The van der Waals surface area contributed by atoms with Gasteiger partial charge < -0.3 is 31.9 Å². The predicted octanol–water partition coefficient (Wildman–Crippen LogP) is -0.253. The average molecular weight is 329 g/mol. The first-order valence-corrected chi connectivity index (χ1v) is 6.96. The summed E-state index contributed by atoms with van der Waals surface area (Å²) in [5.74, 6) is 0.373. The molecule has 0 amide bonds. The molecule has 1 aromatic carbocycles. The molecular formula is C15H25BrN2O. The summed E-state index contributed by atoms with van der Waals surface area (Å²) < 4.78 is 1.19. The number of benzene rings is 1. The standard InChI is InChI=1S/C15H24N2O.BrH/c1-13-6-7-14(12-15(13)18)16-8-11-17(2)9-4-3-5-10-17;/h6-7,12,16H,3-5,8-11H2,1-2H3;1H. The number of nitrogens with one attached hydrogen (secondary N) is 1. The Morgan fingerprint density at radius 3 is 2.53 bits per heavy atom. The summed E-state index contributed by atoms with van der Waals surface area (Å²) in [7, 11) is 2.35. The van der Waals surface area contributed by atoms with E-state index in [1.54, 1.807) is 0 Å². The second-order valence-electron chi connectivity index (χ2n) is 5.78. The van der Waals surface area contributed by atoms with E-state index in [1.165, 1.54) is 36.8 Å². The molecule has 1 heterocycles. The highest BCUT2D eigenvalue weighted by molar-refractivity contribution is 5.50. The minimum atomic E-state index is 0. The van der Waals surface area contributed by atoms with E-state index < -0.39 is 0 Å². The van der Waals surface area contributed by atoms with E-state index in [0.29, 0.717) is 5.75 Å². The zero-order chi connectivity index (χ0) is 13.0. The predicted molar refractivity (Wildman–Crippen MR) is 76.0 cm³/mol.